The van der Waals surface area contributed by atoms with Gasteiger partial charge >= 0.3 is 29.6 Å². The van der Waals surface area contributed by atoms with Gasteiger partial charge in [0.25, 0.3) is 0 Å². The number of benzene rings is 1. The topological polar surface area (TPSA) is 37.3 Å². The third-order valence-electron chi connectivity index (χ3n) is 1.04. The van der Waals surface area contributed by atoms with E-state index in [1.54, 1.807) is 0 Å². The summed E-state index contributed by atoms with van der Waals surface area (Å²) in [4.78, 5) is 0.211. The van der Waals surface area contributed by atoms with E-state index in [4.69, 9.17) is 27.8 Å². The van der Waals surface area contributed by atoms with Crippen molar-refractivity contribution in [2.45, 2.75) is 4.90 Å². The molecule has 1 aromatic carbocycles. The van der Waals surface area contributed by atoms with E-state index in [1.807, 2.05) is 0 Å². The Balaban J connectivity index is 0. The van der Waals surface area contributed by atoms with Crippen molar-refractivity contribution in [3.63, 3.8) is 0 Å². The van der Waals surface area contributed by atoms with Gasteiger partial charge in [-0.05, 0) is 18.2 Å². The van der Waals surface area contributed by atoms with Crippen LogP contribution in [0.1, 0.15) is 1.43 Å². The first-order valence-electron chi connectivity index (χ1n) is 2.66. The van der Waals surface area contributed by atoms with Gasteiger partial charge in [0.05, 0.1) is 4.90 Å². The summed E-state index contributed by atoms with van der Waals surface area (Å²) < 4.78 is 19.1. The molecular formula is C6H5Cl2NaO2S. The predicted molar refractivity (Wildman–Crippen MR) is 46.6 cm³/mol. The van der Waals surface area contributed by atoms with Gasteiger partial charge in [0.1, 0.15) is 0 Å². The monoisotopic (exact) mass is 234 g/mol. The Morgan fingerprint density at radius 2 is 1.67 bits per heavy atom. The molecule has 1 rings (SSSR count). The number of hydrogen-bond acceptors (Lipinski definition) is 1. The van der Waals surface area contributed by atoms with Crippen LogP contribution in [-0.2, 0) is 11.1 Å². The normalized spacial score (nSPS) is 11.9. The van der Waals surface area contributed by atoms with Gasteiger partial charge in [-0.15, -0.1) is 0 Å². The molecule has 0 aliphatic heterocycles. The molecule has 12 heavy (non-hydrogen) atoms. The molecular weight excluding hydrogens is 230 g/mol. The molecule has 0 saturated heterocycles. The summed E-state index contributed by atoms with van der Waals surface area (Å²) in [5.41, 5.74) is 0. The maximum atomic E-state index is 10.5. The van der Waals surface area contributed by atoms with E-state index in [0.717, 1.165) is 0 Å². The van der Waals surface area contributed by atoms with E-state index in [2.05, 4.69) is 0 Å². The van der Waals surface area contributed by atoms with Gasteiger partial charge in [-0.25, -0.2) is 4.21 Å². The summed E-state index contributed by atoms with van der Waals surface area (Å²) in [7, 11) is 0. The van der Waals surface area contributed by atoms with E-state index in [1.165, 1.54) is 18.2 Å². The van der Waals surface area contributed by atoms with Crippen LogP contribution in [0.4, 0.5) is 0 Å². The van der Waals surface area contributed by atoms with Crippen LogP contribution in [0.15, 0.2) is 23.1 Å². The van der Waals surface area contributed by atoms with Crippen molar-refractivity contribution >= 4 is 34.3 Å². The van der Waals surface area contributed by atoms with Crippen molar-refractivity contribution in [2.24, 2.45) is 0 Å². The van der Waals surface area contributed by atoms with Gasteiger partial charge in [0, 0.05) is 10.0 Å². The summed E-state index contributed by atoms with van der Waals surface area (Å²) in [6, 6.07) is 4.28. The fourth-order valence-electron chi connectivity index (χ4n) is 0.629. The third kappa shape index (κ3) is 3.75. The Morgan fingerprint density at radius 1 is 1.25 bits per heavy atom. The van der Waals surface area contributed by atoms with Crippen LogP contribution < -0.4 is 29.6 Å². The quantitative estimate of drug-likeness (QED) is 0.535. The van der Waals surface area contributed by atoms with Crippen molar-refractivity contribution in [3.8, 4) is 0 Å². The van der Waals surface area contributed by atoms with E-state index in [-0.39, 0.29) is 35.9 Å². The van der Waals surface area contributed by atoms with Crippen LogP contribution >= 0.6 is 23.2 Å². The van der Waals surface area contributed by atoms with E-state index in [0.29, 0.717) is 10.0 Å². The molecule has 2 nitrogen and oxygen atoms in total. The average Bonchev–Trinajstić information content (AvgIpc) is 1.85. The fourth-order valence-corrected chi connectivity index (χ4v) is 1.74. The molecule has 1 unspecified atom stereocenters. The molecule has 0 heterocycles. The molecule has 0 bridgehead atoms. The smallest absolute Gasteiger partial charge is 1.00 e. The number of halogens is 2. The van der Waals surface area contributed by atoms with Gasteiger partial charge in [-0.2, -0.15) is 0 Å². The van der Waals surface area contributed by atoms with Crippen molar-refractivity contribution < 1.29 is 39.7 Å². The zero-order chi connectivity index (χ0) is 8.43. The van der Waals surface area contributed by atoms with Crippen LogP contribution in [0.25, 0.3) is 0 Å². The van der Waals surface area contributed by atoms with Crippen LogP contribution in [0.3, 0.4) is 0 Å². The minimum Gasteiger partial charge on any atom is -1.00 e. The third-order valence-corrected chi connectivity index (χ3v) is 2.11. The van der Waals surface area contributed by atoms with Crippen LogP contribution in [0, 0.1) is 0 Å². The Labute approximate surface area is 106 Å². The zero-order valence-electron chi connectivity index (χ0n) is 7.25. The minimum atomic E-state index is -2.02. The molecule has 1 aromatic rings. The predicted octanol–water partition coefficient (Wildman–Crippen LogP) is -0.310. The van der Waals surface area contributed by atoms with Gasteiger partial charge in [0.15, 0.2) is 11.1 Å². The Bertz CT molecular complexity index is 290. The van der Waals surface area contributed by atoms with E-state index >= 15 is 0 Å². The van der Waals surface area contributed by atoms with Crippen molar-refractivity contribution in [1.29, 1.82) is 0 Å². The fraction of sp³-hybridized carbons (Fsp3) is 0. The van der Waals surface area contributed by atoms with Crippen molar-refractivity contribution in [2.75, 3.05) is 0 Å². The molecule has 0 saturated carbocycles. The second-order valence-electron chi connectivity index (χ2n) is 1.85. The average molecular weight is 235 g/mol. The van der Waals surface area contributed by atoms with Gasteiger partial charge < -0.3 is 5.98 Å². The molecule has 0 fully saturated rings. The summed E-state index contributed by atoms with van der Waals surface area (Å²) >= 11 is 9.11. The maximum absolute atomic E-state index is 10.5. The van der Waals surface area contributed by atoms with Gasteiger partial charge in [-0.1, -0.05) is 23.2 Å². The standard InChI is InChI=1S/C6H4Cl2O2S.Na.H/c7-4-1-5(8)3-6(2-4)11(9)10;;/h1-3H,(H,9,10);;/q;+1;-1. The van der Waals surface area contributed by atoms with E-state index in [9.17, 15) is 4.21 Å². The minimum absolute atomic E-state index is 0. The second-order valence-corrected chi connectivity index (χ2v) is 3.70. The van der Waals surface area contributed by atoms with Crippen LogP contribution in [0.2, 0.25) is 10.0 Å². The Hall–Kier alpha value is 0.910. The summed E-state index contributed by atoms with van der Waals surface area (Å²) in [6.45, 7) is 0. The van der Waals surface area contributed by atoms with Crippen LogP contribution in [-0.4, -0.2) is 8.76 Å². The van der Waals surface area contributed by atoms with Crippen LogP contribution in [0.5, 0.6) is 0 Å². The first kappa shape index (κ1) is 12.9. The van der Waals surface area contributed by atoms with Crippen molar-refractivity contribution in [3.05, 3.63) is 28.2 Å². The first-order valence-corrected chi connectivity index (χ1v) is 4.53. The summed E-state index contributed by atoms with van der Waals surface area (Å²) in [5, 5.41) is 0.713. The molecule has 0 aliphatic rings. The SMILES string of the molecule is O=S(O)c1cc(Cl)cc(Cl)c1.[H-].[Na+]. The number of rotatable bonds is 1. The van der Waals surface area contributed by atoms with Gasteiger partial charge in [-0.3, -0.25) is 0 Å². The second kappa shape index (κ2) is 5.60. The largest absolute Gasteiger partial charge is 1.00 e. The molecule has 1 N–H and O–H groups in total. The first-order chi connectivity index (χ1) is 5.09. The molecule has 0 aliphatic carbocycles. The molecule has 0 aromatic heterocycles. The zero-order valence-corrected chi connectivity index (χ0v) is 10.6. The molecule has 0 radical (unpaired) electrons. The summed E-state index contributed by atoms with van der Waals surface area (Å²) in [6.07, 6.45) is 0. The van der Waals surface area contributed by atoms with Crippen molar-refractivity contribution in [1.82, 2.24) is 0 Å². The van der Waals surface area contributed by atoms with E-state index < -0.39 is 11.1 Å². The molecule has 0 amide bonds. The molecule has 6 heteroatoms. The number of hydrogen-bond donors (Lipinski definition) is 1. The molecule has 62 valence electrons. The molecule has 0 spiro atoms. The summed E-state index contributed by atoms with van der Waals surface area (Å²) in [5.74, 6) is 0. The Morgan fingerprint density at radius 3 is 2.00 bits per heavy atom. The Kier molecular flexibility index (Phi) is 6.03. The molecule has 1 atom stereocenters. The maximum Gasteiger partial charge on any atom is 1.00 e. The van der Waals surface area contributed by atoms with Gasteiger partial charge in [0.2, 0.25) is 0 Å².